The largest absolute Gasteiger partial charge is 0.491 e. The summed E-state index contributed by atoms with van der Waals surface area (Å²) in [4.78, 5) is 12.6. The average Bonchev–Trinajstić information content (AvgIpc) is 2.68. The molecule has 0 spiro atoms. The van der Waals surface area contributed by atoms with Gasteiger partial charge in [0, 0.05) is 5.56 Å². The molecule has 0 unspecified atom stereocenters. The fourth-order valence-corrected chi connectivity index (χ4v) is 2.43. The molecule has 0 saturated carbocycles. The Morgan fingerprint density at radius 1 is 0.885 bits per heavy atom. The highest BCUT2D eigenvalue weighted by atomic mass is 16.5. The van der Waals surface area contributed by atoms with Crippen molar-refractivity contribution in [3.63, 3.8) is 0 Å². The van der Waals surface area contributed by atoms with Crippen LogP contribution in [0, 0.1) is 0 Å². The van der Waals surface area contributed by atoms with Gasteiger partial charge in [-0.15, -0.1) is 0 Å². The fraction of sp³-hybridized carbons (Fsp3) is 0.136. The molecule has 0 aliphatic carbocycles. The molecule has 132 valence electrons. The average molecular weight is 347 g/mol. The first-order chi connectivity index (χ1) is 12.8. The minimum Gasteiger partial charge on any atom is -0.491 e. The number of nitrogens with one attached hydrogen (secondary N) is 1. The lowest BCUT2D eigenvalue weighted by molar-refractivity contribution is 0.102. The third kappa shape index (κ3) is 4.63. The molecule has 0 aliphatic heterocycles. The van der Waals surface area contributed by atoms with Gasteiger partial charge in [0.2, 0.25) is 0 Å². The molecule has 0 atom stereocenters. The topological polar surface area (TPSA) is 47.6 Å². The van der Waals surface area contributed by atoms with Crippen molar-refractivity contribution in [2.75, 3.05) is 11.9 Å². The van der Waals surface area contributed by atoms with E-state index in [9.17, 15) is 4.79 Å². The lowest BCUT2D eigenvalue weighted by Crippen LogP contribution is -2.13. The lowest BCUT2D eigenvalue weighted by Gasteiger charge is -2.12. The number of anilines is 1. The van der Waals surface area contributed by atoms with E-state index in [0.29, 0.717) is 29.4 Å². The molecule has 1 amide bonds. The number of hydrogen-bond donors (Lipinski definition) is 1. The van der Waals surface area contributed by atoms with Crippen LogP contribution in [-0.4, -0.2) is 12.5 Å². The lowest BCUT2D eigenvalue weighted by atomic mass is 10.2. The van der Waals surface area contributed by atoms with E-state index in [4.69, 9.17) is 9.47 Å². The number of carbonyl (C=O) groups excluding carboxylic acids is 1. The van der Waals surface area contributed by atoms with Gasteiger partial charge in [0.1, 0.15) is 17.2 Å². The first kappa shape index (κ1) is 17.5. The highest BCUT2D eigenvalue weighted by Crippen LogP contribution is 2.26. The minimum atomic E-state index is -0.212. The van der Waals surface area contributed by atoms with Crippen LogP contribution in [-0.2, 0) is 0 Å². The summed E-state index contributed by atoms with van der Waals surface area (Å²) in [7, 11) is 0. The molecule has 0 saturated heterocycles. The van der Waals surface area contributed by atoms with E-state index in [0.717, 1.165) is 12.2 Å². The second kappa shape index (κ2) is 8.72. The molecular weight excluding hydrogens is 326 g/mol. The molecular formula is C22H21NO3. The predicted molar refractivity (Wildman–Crippen MR) is 103 cm³/mol. The third-order valence-corrected chi connectivity index (χ3v) is 3.67. The summed E-state index contributed by atoms with van der Waals surface area (Å²) in [5, 5.41) is 2.91. The molecule has 26 heavy (non-hydrogen) atoms. The van der Waals surface area contributed by atoms with Crippen LogP contribution >= 0.6 is 0 Å². The van der Waals surface area contributed by atoms with Crippen LogP contribution in [0.5, 0.6) is 17.2 Å². The van der Waals surface area contributed by atoms with E-state index >= 15 is 0 Å². The summed E-state index contributed by atoms with van der Waals surface area (Å²) >= 11 is 0. The van der Waals surface area contributed by atoms with Gasteiger partial charge in [-0.25, -0.2) is 0 Å². The van der Waals surface area contributed by atoms with E-state index in [1.165, 1.54) is 0 Å². The molecule has 0 fully saturated rings. The summed E-state index contributed by atoms with van der Waals surface area (Å²) in [6, 6.07) is 24.0. The van der Waals surface area contributed by atoms with E-state index in [2.05, 4.69) is 5.32 Å². The SMILES string of the molecule is CCCOc1ccccc1NC(=O)c1cccc(Oc2ccccc2)c1. The second-order valence-electron chi connectivity index (χ2n) is 5.74. The van der Waals surface area contributed by atoms with Crippen molar-refractivity contribution in [3.8, 4) is 17.2 Å². The Morgan fingerprint density at radius 3 is 2.42 bits per heavy atom. The molecule has 3 aromatic rings. The van der Waals surface area contributed by atoms with E-state index in [1.807, 2.05) is 67.6 Å². The van der Waals surface area contributed by atoms with Gasteiger partial charge in [-0.05, 0) is 48.9 Å². The van der Waals surface area contributed by atoms with Crippen LogP contribution in [0.1, 0.15) is 23.7 Å². The smallest absolute Gasteiger partial charge is 0.255 e. The molecule has 0 heterocycles. The normalized spacial score (nSPS) is 10.2. The van der Waals surface area contributed by atoms with Crippen molar-refractivity contribution in [2.24, 2.45) is 0 Å². The molecule has 0 radical (unpaired) electrons. The third-order valence-electron chi connectivity index (χ3n) is 3.67. The molecule has 4 heteroatoms. The first-order valence-electron chi connectivity index (χ1n) is 8.62. The van der Waals surface area contributed by atoms with Gasteiger partial charge in [-0.3, -0.25) is 4.79 Å². The molecule has 0 bridgehead atoms. The van der Waals surface area contributed by atoms with E-state index in [1.54, 1.807) is 18.2 Å². The van der Waals surface area contributed by atoms with Gasteiger partial charge < -0.3 is 14.8 Å². The van der Waals surface area contributed by atoms with Crippen molar-refractivity contribution < 1.29 is 14.3 Å². The van der Waals surface area contributed by atoms with Crippen molar-refractivity contribution in [2.45, 2.75) is 13.3 Å². The number of carbonyl (C=O) groups is 1. The van der Waals surface area contributed by atoms with Crippen LogP contribution in [0.2, 0.25) is 0 Å². The number of benzene rings is 3. The number of ether oxygens (including phenoxy) is 2. The van der Waals surface area contributed by atoms with E-state index < -0.39 is 0 Å². The molecule has 1 N–H and O–H groups in total. The van der Waals surface area contributed by atoms with Crippen LogP contribution in [0.4, 0.5) is 5.69 Å². The predicted octanol–water partition coefficient (Wildman–Crippen LogP) is 5.52. The summed E-state index contributed by atoms with van der Waals surface area (Å²) in [6.45, 7) is 2.65. The molecule has 3 rings (SSSR count). The van der Waals surface area contributed by atoms with Crippen LogP contribution in [0.15, 0.2) is 78.9 Å². The highest BCUT2D eigenvalue weighted by molar-refractivity contribution is 6.05. The fourth-order valence-electron chi connectivity index (χ4n) is 2.43. The Bertz CT molecular complexity index is 862. The Morgan fingerprint density at radius 2 is 1.62 bits per heavy atom. The molecule has 0 aromatic heterocycles. The number of para-hydroxylation sites is 3. The Hall–Kier alpha value is -3.27. The zero-order valence-corrected chi connectivity index (χ0v) is 14.6. The van der Waals surface area contributed by atoms with Crippen molar-refractivity contribution in [1.29, 1.82) is 0 Å². The maximum Gasteiger partial charge on any atom is 0.255 e. The number of hydrogen-bond acceptors (Lipinski definition) is 3. The first-order valence-corrected chi connectivity index (χ1v) is 8.62. The Balaban J connectivity index is 1.73. The highest BCUT2D eigenvalue weighted by Gasteiger charge is 2.11. The zero-order chi connectivity index (χ0) is 18.2. The van der Waals surface area contributed by atoms with Crippen LogP contribution < -0.4 is 14.8 Å². The van der Waals surface area contributed by atoms with Crippen LogP contribution in [0.3, 0.4) is 0 Å². The second-order valence-corrected chi connectivity index (χ2v) is 5.74. The Kier molecular flexibility index (Phi) is 5.88. The summed E-state index contributed by atoms with van der Waals surface area (Å²) in [6.07, 6.45) is 0.904. The monoisotopic (exact) mass is 347 g/mol. The van der Waals surface area contributed by atoms with Crippen LogP contribution in [0.25, 0.3) is 0 Å². The van der Waals surface area contributed by atoms with Gasteiger partial charge in [0.05, 0.1) is 12.3 Å². The Labute approximate surface area is 153 Å². The van der Waals surface area contributed by atoms with E-state index in [-0.39, 0.29) is 5.91 Å². The zero-order valence-electron chi connectivity index (χ0n) is 14.6. The summed E-state index contributed by atoms with van der Waals surface area (Å²) in [5.41, 5.74) is 1.17. The van der Waals surface area contributed by atoms with Gasteiger partial charge >= 0.3 is 0 Å². The summed E-state index contributed by atoms with van der Waals surface area (Å²) in [5.74, 6) is 1.79. The number of rotatable bonds is 7. The maximum atomic E-state index is 12.6. The van der Waals surface area contributed by atoms with Gasteiger partial charge in [-0.2, -0.15) is 0 Å². The molecule has 0 aliphatic rings. The van der Waals surface area contributed by atoms with Crippen molar-refractivity contribution in [3.05, 3.63) is 84.4 Å². The van der Waals surface area contributed by atoms with Gasteiger partial charge in [0.15, 0.2) is 0 Å². The summed E-state index contributed by atoms with van der Waals surface area (Å²) < 4.78 is 11.5. The quantitative estimate of drug-likeness (QED) is 0.612. The maximum absolute atomic E-state index is 12.6. The van der Waals surface area contributed by atoms with Gasteiger partial charge in [-0.1, -0.05) is 43.3 Å². The number of amides is 1. The molecule has 3 aromatic carbocycles. The standard InChI is InChI=1S/C22H21NO3/c1-2-15-25-21-14-7-6-13-20(21)23-22(24)17-9-8-12-19(16-17)26-18-10-4-3-5-11-18/h3-14,16H,2,15H2,1H3,(H,23,24). The molecule has 4 nitrogen and oxygen atoms in total. The minimum absolute atomic E-state index is 0.212. The van der Waals surface area contributed by atoms with Crippen molar-refractivity contribution >= 4 is 11.6 Å². The van der Waals surface area contributed by atoms with Crippen molar-refractivity contribution in [1.82, 2.24) is 0 Å². The van der Waals surface area contributed by atoms with Gasteiger partial charge in [0.25, 0.3) is 5.91 Å².